The first kappa shape index (κ1) is 9.68. The van der Waals surface area contributed by atoms with Crippen molar-refractivity contribution in [2.75, 3.05) is 0 Å². The number of hydrogen-bond acceptors (Lipinski definition) is 1. The molecular formula is C4H5OU+. The molecule has 0 unspecified atom stereocenters. The zero-order valence-electron chi connectivity index (χ0n) is 3.62. The third kappa shape index (κ3) is 8.82. The van der Waals surface area contributed by atoms with Gasteiger partial charge in [-0.15, -0.1) is 0 Å². The van der Waals surface area contributed by atoms with E-state index >= 15 is 0 Å². The van der Waals surface area contributed by atoms with E-state index in [2.05, 4.69) is 6.58 Å². The summed E-state index contributed by atoms with van der Waals surface area (Å²) in [5.41, 5.74) is 0.449. The first-order valence-corrected chi connectivity index (χ1v) is 1.31. The zero-order valence-corrected chi connectivity index (χ0v) is 7.78. The van der Waals surface area contributed by atoms with Gasteiger partial charge in [0.15, 0.2) is 0 Å². The van der Waals surface area contributed by atoms with Crippen molar-refractivity contribution in [1.82, 2.24) is 0 Å². The van der Waals surface area contributed by atoms with Gasteiger partial charge in [-0.05, 0) is 6.29 Å². The van der Waals surface area contributed by atoms with E-state index in [1.54, 1.807) is 13.2 Å². The minimum atomic E-state index is 0. The van der Waals surface area contributed by atoms with Crippen LogP contribution in [0.25, 0.3) is 0 Å². The molecule has 0 atom stereocenters. The van der Waals surface area contributed by atoms with Crippen molar-refractivity contribution in [3.63, 3.8) is 0 Å². The van der Waals surface area contributed by atoms with E-state index < -0.39 is 0 Å². The Kier molecular flexibility index (Phi) is 8.81. The summed E-state index contributed by atoms with van der Waals surface area (Å²) in [7, 11) is 0. The number of hydrogen-bond donors (Lipinski definition) is 0. The summed E-state index contributed by atoms with van der Waals surface area (Å²) in [5.74, 6) is 0. The van der Waals surface area contributed by atoms with Gasteiger partial charge in [-0.3, -0.25) is 0 Å². The Bertz CT molecular complexity index is 58.6. The third-order valence-electron chi connectivity index (χ3n) is 0.174. The maximum atomic E-state index is 9.28. The van der Waals surface area contributed by atoms with Crippen LogP contribution in [-0.4, -0.2) is 6.29 Å². The molecule has 0 heterocycles. The molecule has 0 radical (unpaired) electrons. The van der Waals surface area contributed by atoms with E-state index in [4.69, 9.17) is 0 Å². The molecule has 0 saturated carbocycles. The Morgan fingerprint density at radius 2 is 2.00 bits per heavy atom. The SMILES string of the molecule is C=C(C)[C-]=O.[U+2]. The molecule has 6 heavy (non-hydrogen) atoms. The Balaban J connectivity index is 0. The predicted octanol–water partition coefficient (Wildman–Crippen LogP) is 0.672. The standard InChI is InChI=1S/C4H5O.U/c1-4(2)3-5;/h1H2,2H3;/q-1;+2. The first-order chi connectivity index (χ1) is 2.27. The van der Waals surface area contributed by atoms with E-state index in [-0.39, 0.29) is 31.1 Å². The minimum absolute atomic E-state index is 0. The van der Waals surface area contributed by atoms with E-state index in [0.717, 1.165) is 0 Å². The summed E-state index contributed by atoms with van der Waals surface area (Å²) in [4.78, 5) is 9.28. The van der Waals surface area contributed by atoms with Gasteiger partial charge in [0.2, 0.25) is 0 Å². The van der Waals surface area contributed by atoms with Gasteiger partial charge in [0.1, 0.15) is 0 Å². The molecular weight excluding hydrogens is 302 g/mol. The largest absolute Gasteiger partial charge is 2.00 e. The van der Waals surface area contributed by atoms with E-state index in [9.17, 15) is 4.79 Å². The summed E-state index contributed by atoms with van der Waals surface area (Å²) in [6.45, 7) is 4.85. The maximum absolute atomic E-state index is 9.28. The monoisotopic (exact) mass is 307 g/mol. The van der Waals surface area contributed by atoms with Crippen LogP contribution >= 0.6 is 0 Å². The number of rotatable bonds is 1. The van der Waals surface area contributed by atoms with Gasteiger partial charge < -0.3 is 4.79 Å². The number of carbonyl (C=O) groups excluding carboxylic acids is 1. The molecule has 0 aromatic rings. The average Bonchev–Trinajstić information content (AvgIpc) is 1.38. The molecule has 0 aromatic carbocycles. The minimum Gasteiger partial charge on any atom is -0.419 e. The summed E-state index contributed by atoms with van der Waals surface area (Å²) < 4.78 is 0. The van der Waals surface area contributed by atoms with Crippen molar-refractivity contribution in [2.24, 2.45) is 0 Å². The van der Waals surface area contributed by atoms with Crippen molar-refractivity contribution in [2.45, 2.75) is 6.92 Å². The van der Waals surface area contributed by atoms with Crippen LogP contribution in [0.4, 0.5) is 0 Å². The topological polar surface area (TPSA) is 17.1 Å². The molecule has 0 spiro atoms. The van der Waals surface area contributed by atoms with Crippen LogP contribution in [0.15, 0.2) is 12.2 Å². The van der Waals surface area contributed by atoms with Gasteiger partial charge in [-0.2, -0.15) is 5.57 Å². The van der Waals surface area contributed by atoms with Crippen LogP contribution in [0.1, 0.15) is 6.92 Å². The van der Waals surface area contributed by atoms with Gasteiger partial charge in [-0.25, -0.2) is 6.58 Å². The fraction of sp³-hybridized carbons (Fsp3) is 0.250. The molecule has 0 aromatic heterocycles. The number of allylic oxidation sites excluding steroid dienone is 1. The molecule has 2 heteroatoms. The summed E-state index contributed by atoms with van der Waals surface area (Å²) >= 11 is 0. The second kappa shape index (κ2) is 5.46. The predicted molar refractivity (Wildman–Crippen MR) is 20.5 cm³/mol. The molecule has 1 nitrogen and oxygen atoms in total. The van der Waals surface area contributed by atoms with Crippen LogP contribution < -0.4 is 0 Å². The van der Waals surface area contributed by atoms with Crippen molar-refractivity contribution in [3.05, 3.63) is 12.2 Å². The molecule has 30 valence electrons. The van der Waals surface area contributed by atoms with E-state index in [0.29, 0.717) is 5.57 Å². The Morgan fingerprint density at radius 1 is 1.83 bits per heavy atom. The maximum Gasteiger partial charge on any atom is 2.00 e. The smallest absolute Gasteiger partial charge is 0.419 e. The van der Waals surface area contributed by atoms with Gasteiger partial charge in [0.05, 0.1) is 0 Å². The van der Waals surface area contributed by atoms with Gasteiger partial charge in [-0.1, -0.05) is 6.92 Å². The molecule has 0 aliphatic heterocycles. The van der Waals surface area contributed by atoms with Gasteiger partial charge in [0.25, 0.3) is 0 Å². The van der Waals surface area contributed by atoms with Crippen LogP contribution in [0.3, 0.4) is 0 Å². The summed E-state index contributed by atoms with van der Waals surface area (Å²) in [6, 6.07) is 0. The average molecular weight is 307 g/mol. The van der Waals surface area contributed by atoms with Crippen LogP contribution in [0, 0.1) is 31.1 Å². The fourth-order valence-electron chi connectivity index (χ4n) is 0. The fourth-order valence-corrected chi connectivity index (χ4v) is 0. The molecule has 0 amide bonds. The molecule has 0 fully saturated rings. The molecule has 0 aliphatic carbocycles. The Morgan fingerprint density at radius 3 is 2.00 bits per heavy atom. The van der Waals surface area contributed by atoms with Crippen molar-refractivity contribution in [3.8, 4) is 0 Å². The molecule has 0 rings (SSSR count). The van der Waals surface area contributed by atoms with Crippen molar-refractivity contribution < 1.29 is 35.9 Å². The molecule has 0 bridgehead atoms. The van der Waals surface area contributed by atoms with Gasteiger partial charge >= 0.3 is 31.1 Å². The van der Waals surface area contributed by atoms with E-state index in [1.807, 2.05) is 0 Å². The van der Waals surface area contributed by atoms with Crippen LogP contribution in [0.2, 0.25) is 0 Å². The van der Waals surface area contributed by atoms with Crippen molar-refractivity contribution in [1.29, 1.82) is 0 Å². The molecule has 0 saturated heterocycles. The zero-order chi connectivity index (χ0) is 4.28. The second-order valence-electron chi connectivity index (χ2n) is 0.882. The molecule has 0 N–H and O–H groups in total. The molecule has 0 aliphatic rings. The van der Waals surface area contributed by atoms with Crippen LogP contribution in [0.5, 0.6) is 0 Å². The Hall–Kier alpha value is 0.462. The normalized spacial score (nSPS) is 5.50. The second-order valence-corrected chi connectivity index (χ2v) is 0.882. The summed E-state index contributed by atoms with van der Waals surface area (Å²) in [6.07, 6.45) is 1.58. The Labute approximate surface area is 61.2 Å². The van der Waals surface area contributed by atoms with E-state index in [1.165, 1.54) is 0 Å². The van der Waals surface area contributed by atoms with Gasteiger partial charge in [0, 0.05) is 0 Å². The van der Waals surface area contributed by atoms with Crippen LogP contribution in [-0.2, 0) is 4.79 Å². The van der Waals surface area contributed by atoms with Crippen molar-refractivity contribution >= 4 is 6.29 Å². The first-order valence-electron chi connectivity index (χ1n) is 1.31. The third-order valence-corrected chi connectivity index (χ3v) is 0.174. The summed E-state index contributed by atoms with van der Waals surface area (Å²) in [5, 5.41) is 0. The quantitative estimate of drug-likeness (QED) is 0.514.